The summed E-state index contributed by atoms with van der Waals surface area (Å²) in [4.78, 5) is 2.69. The highest BCUT2D eigenvalue weighted by atomic mass is 15.2. The van der Waals surface area contributed by atoms with Crippen molar-refractivity contribution in [1.29, 1.82) is 0 Å². The summed E-state index contributed by atoms with van der Waals surface area (Å²) in [5.41, 5.74) is 0.582. The number of hydrogen-bond donors (Lipinski definition) is 1. The van der Waals surface area contributed by atoms with Gasteiger partial charge in [0, 0.05) is 6.04 Å². The average Bonchev–Trinajstić information content (AvgIpc) is 2.28. The summed E-state index contributed by atoms with van der Waals surface area (Å²) in [6.07, 6.45) is 6.64. The lowest BCUT2D eigenvalue weighted by Gasteiger charge is -2.40. The molecule has 1 fully saturated rings. The van der Waals surface area contributed by atoms with Crippen molar-refractivity contribution in [3.8, 4) is 0 Å². The predicted molar refractivity (Wildman–Crippen MR) is 76.4 cm³/mol. The number of hydrogen-bond acceptors (Lipinski definition) is 2. The molecule has 0 bridgehead atoms. The summed E-state index contributed by atoms with van der Waals surface area (Å²) < 4.78 is 0. The molecule has 1 aliphatic rings. The van der Waals surface area contributed by atoms with Gasteiger partial charge in [0.1, 0.15) is 0 Å². The molecule has 1 saturated heterocycles. The molecule has 2 nitrogen and oxygen atoms in total. The minimum Gasteiger partial charge on any atom is -0.317 e. The van der Waals surface area contributed by atoms with E-state index >= 15 is 0 Å². The molecule has 17 heavy (non-hydrogen) atoms. The Labute approximate surface area is 108 Å². The third kappa shape index (κ3) is 5.87. The summed E-state index contributed by atoms with van der Waals surface area (Å²) in [7, 11) is 0. The molecule has 1 N–H and O–H groups in total. The van der Waals surface area contributed by atoms with E-state index in [1.807, 2.05) is 0 Å². The van der Waals surface area contributed by atoms with Crippen LogP contribution in [0.4, 0.5) is 0 Å². The fraction of sp³-hybridized carbons (Fsp3) is 1.00. The monoisotopic (exact) mass is 240 g/mol. The second kappa shape index (κ2) is 7.38. The molecule has 0 aromatic carbocycles. The van der Waals surface area contributed by atoms with Gasteiger partial charge in [0.25, 0.3) is 0 Å². The number of piperidine rings is 1. The molecule has 1 unspecified atom stereocenters. The highest BCUT2D eigenvalue weighted by Crippen LogP contribution is 2.30. The zero-order chi connectivity index (χ0) is 12.7. The summed E-state index contributed by atoms with van der Waals surface area (Å²) in [5, 5.41) is 3.49. The van der Waals surface area contributed by atoms with Crippen LogP contribution in [0, 0.1) is 5.41 Å². The first-order chi connectivity index (χ1) is 8.05. The molecule has 1 atom stereocenters. The third-order valence-electron chi connectivity index (χ3n) is 4.18. The van der Waals surface area contributed by atoms with Crippen LogP contribution in [0.2, 0.25) is 0 Å². The smallest absolute Gasteiger partial charge is 0.00674 e. The Balaban J connectivity index is 2.10. The van der Waals surface area contributed by atoms with Gasteiger partial charge in [-0.2, -0.15) is 0 Å². The third-order valence-corrected chi connectivity index (χ3v) is 4.18. The maximum Gasteiger partial charge on any atom is 0.00674 e. The van der Waals surface area contributed by atoms with Crippen LogP contribution in [-0.2, 0) is 0 Å². The molecule has 0 spiro atoms. The maximum absolute atomic E-state index is 3.49. The number of likely N-dealkylation sites (tertiary alicyclic amines) is 1. The lowest BCUT2D eigenvalue weighted by atomic mass is 9.82. The van der Waals surface area contributed by atoms with Crippen LogP contribution < -0.4 is 5.32 Å². The van der Waals surface area contributed by atoms with Crippen molar-refractivity contribution in [3.63, 3.8) is 0 Å². The molecule has 0 aromatic rings. The van der Waals surface area contributed by atoms with E-state index in [-0.39, 0.29) is 0 Å². The molecule has 1 aliphatic heterocycles. The highest BCUT2D eigenvalue weighted by Gasteiger charge is 2.27. The minimum absolute atomic E-state index is 0.582. The van der Waals surface area contributed by atoms with Gasteiger partial charge >= 0.3 is 0 Å². The Morgan fingerprint density at radius 3 is 2.41 bits per heavy atom. The zero-order valence-electron chi connectivity index (χ0n) is 12.4. The number of nitrogens with zero attached hydrogens (tertiary/aromatic N) is 1. The summed E-state index contributed by atoms with van der Waals surface area (Å²) in [6, 6.07) is 0.773. The molecule has 0 radical (unpaired) electrons. The van der Waals surface area contributed by atoms with E-state index in [1.165, 1.54) is 58.3 Å². The normalized spacial score (nSPS) is 22.6. The second-order valence-corrected chi connectivity index (χ2v) is 6.44. The Morgan fingerprint density at radius 2 is 1.82 bits per heavy atom. The van der Waals surface area contributed by atoms with E-state index in [1.54, 1.807) is 0 Å². The average molecular weight is 240 g/mol. The highest BCUT2D eigenvalue weighted by molar-refractivity contribution is 4.81. The maximum atomic E-state index is 3.49. The van der Waals surface area contributed by atoms with Gasteiger partial charge in [-0.1, -0.05) is 20.8 Å². The predicted octanol–water partition coefficient (Wildman–Crippen LogP) is 3.28. The topological polar surface area (TPSA) is 15.3 Å². The van der Waals surface area contributed by atoms with Crippen LogP contribution in [0.25, 0.3) is 0 Å². The summed E-state index contributed by atoms with van der Waals surface area (Å²) >= 11 is 0. The van der Waals surface area contributed by atoms with Crippen LogP contribution in [0.5, 0.6) is 0 Å². The fourth-order valence-electron chi connectivity index (χ4n) is 2.58. The summed E-state index contributed by atoms with van der Waals surface area (Å²) in [6.45, 7) is 14.4. The molecule has 1 heterocycles. The van der Waals surface area contributed by atoms with E-state index in [0.29, 0.717) is 5.41 Å². The molecule has 1 rings (SSSR count). The summed E-state index contributed by atoms with van der Waals surface area (Å²) in [5.74, 6) is 0. The molecule has 0 aromatic heterocycles. The lowest BCUT2D eigenvalue weighted by Crippen LogP contribution is -2.42. The quantitative estimate of drug-likeness (QED) is 0.687. The van der Waals surface area contributed by atoms with Crippen LogP contribution in [0.15, 0.2) is 0 Å². The van der Waals surface area contributed by atoms with Crippen molar-refractivity contribution in [1.82, 2.24) is 10.2 Å². The van der Waals surface area contributed by atoms with Crippen molar-refractivity contribution >= 4 is 0 Å². The Hall–Kier alpha value is -0.0800. The SMILES string of the molecule is CCCNCCCC(C)N1CCC(C)(C)CC1. The molecule has 0 aliphatic carbocycles. The number of rotatable bonds is 7. The van der Waals surface area contributed by atoms with Gasteiger partial charge in [-0.3, -0.25) is 0 Å². The first-order valence-electron chi connectivity index (χ1n) is 7.50. The van der Waals surface area contributed by atoms with Gasteiger partial charge in [0.15, 0.2) is 0 Å². The Kier molecular flexibility index (Phi) is 6.50. The molecular formula is C15H32N2. The van der Waals surface area contributed by atoms with Gasteiger partial charge in [-0.05, 0) is 70.6 Å². The van der Waals surface area contributed by atoms with Crippen LogP contribution in [0.3, 0.4) is 0 Å². The van der Waals surface area contributed by atoms with E-state index in [0.717, 1.165) is 6.04 Å². The fourth-order valence-corrected chi connectivity index (χ4v) is 2.58. The van der Waals surface area contributed by atoms with E-state index in [9.17, 15) is 0 Å². The first kappa shape index (κ1) is 15.0. The zero-order valence-corrected chi connectivity index (χ0v) is 12.4. The van der Waals surface area contributed by atoms with Gasteiger partial charge in [-0.15, -0.1) is 0 Å². The van der Waals surface area contributed by atoms with Crippen LogP contribution >= 0.6 is 0 Å². The standard InChI is InChI=1S/C15H32N2/c1-5-10-16-11-6-7-14(2)17-12-8-15(3,4)9-13-17/h14,16H,5-13H2,1-4H3. The number of nitrogens with one attached hydrogen (secondary N) is 1. The van der Waals surface area contributed by atoms with E-state index in [2.05, 4.69) is 37.9 Å². The Bertz CT molecular complexity index is 191. The molecular weight excluding hydrogens is 208 g/mol. The van der Waals surface area contributed by atoms with Crippen LogP contribution in [0.1, 0.15) is 59.8 Å². The van der Waals surface area contributed by atoms with Gasteiger partial charge in [0.2, 0.25) is 0 Å². The molecule has 2 heteroatoms. The van der Waals surface area contributed by atoms with Crippen molar-refractivity contribution in [3.05, 3.63) is 0 Å². The van der Waals surface area contributed by atoms with Gasteiger partial charge in [0.05, 0.1) is 0 Å². The lowest BCUT2D eigenvalue weighted by molar-refractivity contribution is 0.0960. The van der Waals surface area contributed by atoms with E-state index < -0.39 is 0 Å². The van der Waals surface area contributed by atoms with Crippen molar-refractivity contribution < 1.29 is 0 Å². The van der Waals surface area contributed by atoms with Crippen molar-refractivity contribution in [2.75, 3.05) is 26.2 Å². The van der Waals surface area contributed by atoms with Gasteiger partial charge in [-0.25, -0.2) is 0 Å². The molecule has 102 valence electrons. The van der Waals surface area contributed by atoms with Gasteiger partial charge < -0.3 is 10.2 Å². The Morgan fingerprint density at radius 1 is 1.18 bits per heavy atom. The second-order valence-electron chi connectivity index (χ2n) is 6.44. The van der Waals surface area contributed by atoms with Crippen molar-refractivity contribution in [2.24, 2.45) is 5.41 Å². The van der Waals surface area contributed by atoms with Crippen LogP contribution in [-0.4, -0.2) is 37.1 Å². The van der Waals surface area contributed by atoms with Crippen molar-refractivity contribution in [2.45, 2.75) is 65.8 Å². The minimum atomic E-state index is 0.582. The van der Waals surface area contributed by atoms with E-state index in [4.69, 9.17) is 0 Å². The largest absolute Gasteiger partial charge is 0.317 e. The first-order valence-corrected chi connectivity index (χ1v) is 7.50. The molecule has 0 saturated carbocycles. The molecule has 0 amide bonds.